The highest BCUT2D eigenvalue weighted by atomic mass is 32.1. The van der Waals surface area contributed by atoms with E-state index >= 15 is 0 Å². The van der Waals surface area contributed by atoms with Gasteiger partial charge in [0.05, 0.1) is 4.99 Å². The fourth-order valence-electron chi connectivity index (χ4n) is 1.47. The molecule has 0 saturated heterocycles. The van der Waals surface area contributed by atoms with Crippen molar-refractivity contribution < 1.29 is 0 Å². The standard InChI is InChI=1S/C10H16N4S2/c1-6(8(11)15)5-14(2)10-12-9(13-16-10)7-3-4-7/h6-7H,3-5H2,1-2H3,(H2,11,15). The normalized spacial score (nSPS) is 17.1. The predicted molar refractivity (Wildman–Crippen MR) is 71.1 cm³/mol. The summed E-state index contributed by atoms with van der Waals surface area (Å²) in [5, 5.41) is 0.963. The van der Waals surface area contributed by atoms with Gasteiger partial charge >= 0.3 is 0 Å². The van der Waals surface area contributed by atoms with Crippen molar-refractivity contribution in [1.29, 1.82) is 0 Å². The third-order valence-electron chi connectivity index (χ3n) is 2.73. The molecular weight excluding hydrogens is 240 g/mol. The molecule has 6 heteroatoms. The van der Waals surface area contributed by atoms with E-state index in [9.17, 15) is 0 Å². The number of aromatic nitrogens is 2. The summed E-state index contributed by atoms with van der Waals surface area (Å²) in [4.78, 5) is 7.16. The van der Waals surface area contributed by atoms with Crippen molar-refractivity contribution in [2.75, 3.05) is 18.5 Å². The van der Waals surface area contributed by atoms with Crippen molar-refractivity contribution >= 4 is 33.9 Å². The van der Waals surface area contributed by atoms with Gasteiger partial charge < -0.3 is 10.6 Å². The Labute approximate surface area is 105 Å². The molecule has 1 aromatic rings. The molecule has 1 unspecified atom stereocenters. The largest absolute Gasteiger partial charge is 0.393 e. The fourth-order valence-corrected chi connectivity index (χ4v) is 2.26. The molecule has 4 nitrogen and oxygen atoms in total. The molecule has 16 heavy (non-hydrogen) atoms. The van der Waals surface area contributed by atoms with Crippen LogP contribution in [0, 0.1) is 5.92 Å². The predicted octanol–water partition coefficient (Wildman–Crippen LogP) is 1.77. The first-order valence-corrected chi connectivity index (χ1v) is 6.60. The number of hydrogen-bond acceptors (Lipinski definition) is 5. The lowest BCUT2D eigenvalue weighted by atomic mass is 10.2. The maximum atomic E-state index is 5.60. The van der Waals surface area contributed by atoms with Crippen LogP contribution in [0.4, 0.5) is 5.13 Å². The van der Waals surface area contributed by atoms with E-state index in [1.165, 1.54) is 24.4 Å². The Morgan fingerprint density at radius 3 is 2.94 bits per heavy atom. The fraction of sp³-hybridized carbons (Fsp3) is 0.700. The lowest BCUT2D eigenvalue weighted by Gasteiger charge is -2.19. The van der Waals surface area contributed by atoms with Crippen LogP contribution in [0.25, 0.3) is 0 Å². The number of nitrogens with zero attached hydrogens (tertiary/aromatic N) is 3. The third kappa shape index (κ3) is 2.68. The van der Waals surface area contributed by atoms with Gasteiger partial charge in [-0.05, 0) is 12.8 Å². The Morgan fingerprint density at radius 2 is 2.38 bits per heavy atom. The molecule has 1 saturated carbocycles. The highest BCUT2D eigenvalue weighted by molar-refractivity contribution is 7.80. The molecule has 1 aliphatic carbocycles. The quantitative estimate of drug-likeness (QED) is 0.814. The summed E-state index contributed by atoms with van der Waals surface area (Å²) in [5.41, 5.74) is 5.60. The molecule has 2 N–H and O–H groups in total. The number of nitrogens with two attached hydrogens (primary N) is 1. The minimum Gasteiger partial charge on any atom is -0.393 e. The highest BCUT2D eigenvalue weighted by Crippen LogP contribution is 2.39. The zero-order valence-electron chi connectivity index (χ0n) is 9.51. The molecule has 1 heterocycles. The summed E-state index contributed by atoms with van der Waals surface area (Å²) in [5.74, 6) is 1.83. The van der Waals surface area contributed by atoms with Gasteiger partial charge in [0.1, 0.15) is 5.82 Å². The molecule has 1 aliphatic rings. The molecule has 0 aromatic carbocycles. The van der Waals surface area contributed by atoms with E-state index in [4.69, 9.17) is 18.0 Å². The summed E-state index contributed by atoms with van der Waals surface area (Å²) in [6.45, 7) is 2.83. The van der Waals surface area contributed by atoms with Gasteiger partial charge in [0.25, 0.3) is 0 Å². The van der Waals surface area contributed by atoms with Gasteiger partial charge in [0.2, 0.25) is 5.13 Å². The molecule has 0 spiro atoms. The second-order valence-corrected chi connectivity index (χ2v) is 5.60. The summed E-state index contributed by atoms with van der Waals surface area (Å²) >= 11 is 6.42. The molecule has 0 radical (unpaired) electrons. The molecular formula is C10H16N4S2. The first-order chi connectivity index (χ1) is 7.58. The summed E-state index contributed by atoms with van der Waals surface area (Å²) in [6, 6.07) is 0. The van der Waals surface area contributed by atoms with Gasteiger partial charge in [0, 0.05) is 37.0 Å². The van der Waals surface area contributed by atoms with E-state index in [0.717, 1.165) is 17.5 Å². The van der Waals surface area contributed by atoms with Gasteiger partial charge in [-0.15, -0.1) is 0 Å². The van der Waals surface area contributed by atoms with Crippen molar-refractivity contribution in [3.63, 3.8) is 0 Å². The number of hydrogen-bond donors (Lipinski definition) is 1. The molecule has 0 bridgehead atoms. The summed E-state index contributed by atoms with van der Waals surface area (Å²) in [6.07, 6.45) is 2.48. The van der Waals surface area contributed by atoms with Crippen molar-refractivity contribution in [3.8, 4) is 0 Å². The van der Waals surface area contributed by atoms with Crippen molar-refractivity contribution in [3.05, 3.63) is 5.82 Å². The van der Waals surface area contributed by atoms with Gasteiger partial charge in [-0.2, -0.15) is 4.37 Å². The third-order valence-corrected chi connectivity index (χ3v) is 3.98. The average molecular weight is 256 g/mol. The van der Waals surface area contributed by atoms with Crippen molar-refractivity contribution in [1.82, 2.24) is 9.36 Å². The number of anilines is 1. The Balaban J connectivity index is 1.96. The van der Waals surface area contributed by atoms with Crippen LogP contribution in [0.1, 0.15) is 31.5 Å². The van der Waals surface area contributed by atoms with Gasteiger partial charge in [-0.3, -0.25) is 0 Å². The molecule has 0 aliphatic heterocycles. The Kier molecular flexibility index (Phi) is 3.39. The van der Waals surface area contributed by atoms with E-state index < -0.39 is 0 Å². The zero-order chi connectivity index (χ0) is 11.7. The maximum absolute atomic E-state index is 5.60. The lowest BCUT2D eigenvalue weighted by Crippen LogP contribution is -2.31. The molecule has 2 rings (SSSR count). The van der Waals surface area contributed by atoms with Crippen LogP contribution in [-0.4, -0.2) is 27.9 Å². The first kappa shape index (κ1) is 11.7. The monoisotopic (exact) mass is 256 g/mol. The van der Waals surface area contributed by atoms with Crippen molar-refractivity contribution in [2.45, 2.75) is 25.7 Å². The van der Waals surface area contributed by atoms with Crippen LogP contribution < -0.4 is 10.6 Å². The maximum Gasteiger partial charge on any atom is 0.204 e. The Hall–Kier alpha value is -0.750. The van der Waals surface area contributed by atoms with E-state index in [1.54, 1.807) is 0 Å². The van der Waals surface area contributed by atoms with Crippen LogP contribution in [0.2, 0.25) is 0 Å². The van der Waals surface area contributed by atoms with E-state index in [0.29, 0.717) is 10.9 Å². The molecule has 0 amide bonds. The Morgan fingerprint density at radius 1 is 1.69 bits per heavy atom. The molecule has 88 valence electrons. The zero-order valence-corrected chi connectivity index (χ0v) is 11.1. The van der Waals surface area contributed by atoms with Crippen LogP contribution >= 0.6 is 23.8 Å². The molecule has 1 aromatic heterocycles. The van der Waals surface area contributed by atoms with Gasteiger partial charge in [-0.25, -0.2) is 4.98 Å². The summed E-state index contributed by atoms with van der Waals surface area (Å²) < 4.78 is 4.38. The number of thiocarbonyl (C=S) groups is 1. The van der Waals surface area contributed by atoms with Crippen LogP contribution in [0.15, 0.2) is 0 Å². The van der Waals surface area contributed by atoms with E-state index in [2.05, 4.69) is 14.3 Å². The SMILES string of the molecule is CC(CN(C)c1nc(C2CC2)ns1)C(N)=S. The summed E-state index contributed by atoms with van der Waals surface area (Å²) in [7, 11) is 2.01. The van der Waals surface area contributed by atoms with Crippen LogP contribution in [-0.2, 0) is 0 Å². The molecule has 1 fully saturated rings. The minimum absolute atomic E-state index is 0.202. The van der Waals surface area contributed by atoms with E-state index in [1.807, 2.05) is 14.0 Å². The van der Waals surface area contributed by atoms with E-state index in [-0.39, 0.29) is 5.92 Å². The smallest absolute Gasteiger partial charge is 0.204 e. The lowest BCUT2D eigenvalue weighted by molar-refractivity contribution is 0.739. The van der Waals surface area contributed by atoms with Gasteiger partial charge in [0.15, 0.2) is 0 Å². The van der Waals surface area contributed by atoms with Crippen LogP contribution in [0.3, 0.4) is 0 Å². The first-order valence-electron chi connectivity index (χ1n) is 5.42. The highest BCUT2D eigenvalue weighted by Gasteiger charge is 2.28. The molecule has 1 atom stereocenters. The second kappa shape index (κ2) is 4.63. The van der Waals surface area contributed by atoms with Crippen molar-refractivity contribution in [2.24, 2.45) is 11.7 Å². The topological polar surface area (TPSA) is 55.0 Å². The average Bonchev–Trinajstić information content (AvgIpc) is 2.96. The second-order valence-electron chi connectivity index (χ2n) is 4.39. The minimum atomic E-state index is 0.202. The van der Waals surface area contributed by atoms with Crippen LogP contribution in [0.5, 0.6) is 0 Å². The Bertz CT molecular complexity index is 386. The van der Waals surface area contributed by atoms with Gasteiger partial charge in [-0.1, -0.05) is 19.1 Å². The number of rotatable bonds is 5.